The second kappa shape index (κ2) is 13.2. The van der Waals surface area contributed by atoms with E-state index in [4.69, 9.17) is 0 Å². The molecule has 2 aliphatic heterocycles. The summed E-state index contributed by atoms with van der Waals surface area (Å²) in [7, 11) is 0. The molecule has 234 valence electrons. The van der Waals surface area contributed by atoms with E-state index in [2.05, 4.69) is 27.5 Å². The lowest BCUT2D eigenvalue weighted by atomic mass is 9.91. The van der Waals surface area contributed by atoms with E-state index in [1.807, 2.05) is 46.8 Å². The molecule has 2 fully saturated rings. The number of H-pyrrole nitrogens is 2. The fourth-order valence-corrected chi connectivity index (χ4v) is 6.90. The Morgan fingerprint density at radius 2 is 1.51 bits per heavy atom. The summed E-state index contributed by atoms with van der Waals surface area (Å²) < 4.78 is 0. The van der Waals surface area contributed by atoms with Gasteiger partial charge in [0.1, 0.15) is 6.23 Å². The van der Waals surface area contributed by atoms with Crippen molar-refractivity contribution in [2.75, 3.05) is 0 Å². The van der Waals surface area contributed by atoms with Crippen molar-refractivity contribution >= 4 is 23.9 Å². The first-order valence-corrected chi connectivity index (χ1v) is 15.3. The van der Waals surface area contributed by atoms with Crippen molar-refractivity contribution in [2.45, 2.75) is 98.8 Å². The molecule has 2 aromatic heterocycles. The van der Waals surface area contributed by atoms with Crippen molar-refractivity contribution in [3.63, 3.8) is 0 Å². The maximum atomic E-state index is 12.4. The first kappa shape index (κ1) is 32.1. The first-order valence-electron chi connectivity index (χ1n) is 15.3. The number of carboxylic acids is 2. The van der Waals surface area contributed by atoms with Gasteiger partial charge >= 0.3 is 11.9 Å². The quantitative estimate of drug-likeness (QED) is 0.181. The van der Waals surface area contributed by atoms with Gasteiger partial charge < -0.3 is 35.9 Å². The Labute approximate surface area is 253 Å². The number of aliphatic carboxylic acids is 2. The molecule has 1 amide bonds. The predicted molar refractivity (Wildman–Crippen MR) is 164 cm³/mol. The SMILES string of the molecule is C/C=C1\C(=O)N[C@H](Cc2[nH]c(Cc3[nH]c(/C=C4\NC(O)[C@H](C)[C@H]4CC)c(C)c3CCC(=O)O)c(CCC(=O)O)c2C)C1C. The zero-order valence-corrected chi connectivity index (χ0v) is 26.1. The molecule has 0 spiro atoms. The predicted octanol–water partition coefficient (Wildman–Crippen LogP) is 4.13. The molecule has 7 N–H and O–H groups in total. The summed E-state index contributed by atoms with van der Waals surface area (Å²) in [5.41, 5.74) is 9.17. The molecule has 5 atom stereocenters. The lowest BCUT2D eigenvalue weighted by molar-refractivity contribution is -0.138. The van der Waals surface area contributed by atoms with Crippen LogP contribution in [0.25, 0.3) is 6.08 Å². The van der Waals surface area contributed by atoms with Crippen LogP contribution in [-0.2, 0) is 40.1 Å². The van der Waals surface area contributed by atoms with E-state index in [1.54, 1.807) is 0 Å². The molecule has 4 rings (SSSR count). The number of aliphatic hydroxyl groups is 1. The van der Waals surface area contributed by atoms with Crippen LogP contribution in [0.3, 0.4) is 0 Å². The average Bonchev–Trinajstić information content (AvgIpc) is 3.59. The Hall–Kier alpha value is -3.79. The highest BCUT2D eigenvalue weighted by Crippen LogP contribution is 2.35. The summed E-state index contributed by atoms with van der Waals surface area (Å²) in [4.78, 5) is 42.7. The Kier molecular flexibility index (Phi) is 9.89. The number of hydrogen-bond donors (Lipinski definition) is 7. The van der Waals surface area contributed by atoms with E-state index < -0.39 is 18.2 Å². The lowest BCUT2D eigenvalue weighted by Gasteiger charge is -2.15. The highest BCUT2D eigenvalue weighted by Gasteiger charge is 2.35. The molecule has 2 aromatic rings. The van der Waals surface area contributed by atoms with Crippen LogP contribution >= 0.6 is 0 Å². The summed E-state index contributed by atoms with van der Waals surface area (Å²) in [6, 6.07) is -0.0727. The minimum atomic E-state index is -0.875. The van der Waals surface area contributed by atoms with Crippen LogP contribution in [0.1, 0.15) is 92.0 Å². The topological polar surface area (TPSA) is 168 Å². The van der Waals surface area contributed by atoms with Gasteiger partial charge in [-0.1, -0.05) is 26.8 Å². The van der Waals surface area contributed by atoms with Crippen LogP contribution < -0.4 is 10.6 Å². The largest absolute Gasteiger partial charge is 0.481 e. The van der Waals surface area contributed by atoms with Crippen molar-refractivity contribution in [1.29, 1.82) is 0 Å². The van der Waals surface area contributed by atoms with Crippen molar-refractivity contribution in [1.82, 2.24) is 20.6 Å². The molecule has 4 heterocycles. The second-order valence-electron chi connectivity index (χ2n) is 12.2. The van der Waals surface area contributed by atoms with Crippen LogP contribution in [0.15, 0.2) is 17.3 Å². The number of aliphatic hydroxyl groups excluding tert-OH is 1. The minimum Gasteiger partial charge on any atom is -0.481 e. The van der Waals surface area contributed by atoms with Gasteiger partial charge in [0.15, 0.2) is 0 Å². The molecule has 0 aliphatic carbocycles. The number of carboxylic acid groups (broad SMARTS) is 2. The Balaban J connectivity index is 1.72. The molecule has 10 nitrogen and oxygen atoms in total. The van der Waals surface area contributed by atoms with Gasteiger partial charge in [0, 0.05) is 83.5 Å². The third-order valence-corrected chi connectivity index (χ3v) is 9.60. The summed E-state index contributed by atoms with van der Waals surface area (Å²) >= 11 is 0. The van der Waals surface area contributed by atoms with E-state index in [1.165, 1.54) is 0 Å². The molecule has 2 saturated heterocycles. The molecule has 43 heavy (non-hydrogen) atoms. The Morgan fingerprint density at radius 3 is 2.07 bits per heavy atom. The molecule has 2 aliphatic rings. The molecule has 0 radical (unpaired) electrons. The maximum Gasteiger partial charge on any atom is 0.303 e. The normalized spacial score (nSPS) is 25.5. The van der Waals surface area contributed by atoms with E-state index in [0.717, 1.165) is 62.7 Å². The summed E-state index contributed by atoms with van der Waals surface area (Å²) in [5.74, 6) is -1.49. The second-order valence-corrected chi connectivity index (χ2v) is 12.2. The average molecular weight is 595 g/mol. The third-order valence-electron chi connectivity index (χ3n) is 9.60. The molecular formula is C33H46N4O6. The molecule has 0 aromatic carbocycles. The number of rotatable bonds is 12. The van der Waals surface area contributed by atoms with Crippen molar-refractivity contribution in [2.24, 2.45) is 17.8 Å². The fourth-order valence-electron chi connectivity index (χ4n) is 6.90. The molecule has 10 heteroatoms. The molecule has 2 unspecified atom stereocenters. The molecular weight excluding hydrogens is 548 g/mol. The maximum absolute atomic E-state index is 12.4. The van der Waals surface area contributed by atoms with Gasteiger partial charge in [-0.15, -0.1) is 0 Å². The van der Waals surface area contributed by atoms with E-state index >= 15 is 0 Å². The van der Waals surface area contributed by atoms with Crippen LogP contribution in [-0.4, -0.2) is 55.4 Å². The van der Waals surface area contributed by atoms with Crippen LogP contribution in [0.2, 0.25) is 0 Å². The van der Waals surface area contributed by atoms with Gasteiger partial charge in [0.25, 0.3) is 0 Å². The van der Waals surface area contributed by atoms with Gasteiger partial charge in [-0.2, -0.15) is 0 Å². The number of amides is 1. The molecule has 0 bridgehead atoms. The summed E-state index contributed by atoms with van der Waals surface area (Å²) in [6.45, 7) is 12.0. The summed E-state index contributed by atoms with van der Waals surface area (Å²) in [6.07, 6.45) is 5.88. The summed E-state index contributed by atoms with van der Waals surface area (Å²) in [5, 5.41) is 35.7. The Bertz CT molecular complexity index is 1450. The smallest absolute Gasteiger partial charge is 0.303 e. The number of aromatic nitrogens is 2. The van der Waals surface area contributed by atoms with Gasteiger partial charge in [-0.25, -0.2) is 0 Å². The number of aromatic amines is 2. The lowest BCUT2D eigenvalue weighted by Crippen LogP contribution is -2.30. The van der Waals surface area contributed by atoms with Gasteiger partial charge in [0.05, 0.1) is 0 Å². The molecule has 0 saturated carbocycles. The monoisotopic (exact) mass is 594 g/mol. The zero-order chi connectivity index (χ0) is 31.6. The van der Waals surface area contributed by atoms with E-state index in [-0.39, 0.29) is 42.5 Å². The fraction of sp³-hybridized carbons (Fsp3) is 0.545. The van der Waals surface area contributed by atoms with Gasteiger partial charge in [0.2, 0.25) is 5.91 Å². The highest BCUT2D eigenvalue weighted by atomic mass is 16.4. The number of carbonyl (C=O) groups excluding carboxylic acids is 1. The standard InChI is InChI=1S/C33H46N4O6/c1-7-20-19(6)32(42)37-27(20)14-25-18(5)23(10-12-31(40)41)29(35-25)15-28-22(9-11-30(38)39)17(4)24(34-28)13-26-16(3)21(8-2)33(43)36-26/h8,14,16,19-20,26,32,34-35,37,42H,7,9-13,15H2,1-6H3,(H,36,43)(H,38,39)(H,40,41)/b21-8-,27-14-/t16?,19-,20-,26-,32?/m1/s1. The zero-order valence-electron chi connectivity index (χ0n) is 26.1. The minimum absolute atomic E-state index is 0.0119. The van der Waals surface area contributed by atoms with Crippen LogP contribution in [0, 0.1) is 31.6 Å². The number of hydrogen-bond acceptors (Lipinski definition) is 5. The van der Waals surface area contributed by atoms with E-state index in [0.29, 0.717) is 25.7 Å². The van der Waals surface area contributed by atoms with Crippen LogP contribution in [0.4, 0.5) is 0 Å². The van der Waals surface area contributed by atoms with E-state index in [9.17, 15) is 29.7 Å². The van der Waals surface area contributed by atoms with Crippen LogP contribution in [0.5, 0.6) is 0 Å². The van der Waals surface area contributed by atoms with Crippen molar-refractivity contribution in [3.05, 3.63) is 62.4 Å². The third kappa shape index (κ3) is 6.74. The number of nitrogens with one attached hydrogen (secondary N) is 4. The highest BCUT2D eigenvalue weighted by molar-refractivity contribution is 5.96. The van der Waals surface area contributed by atoms with Gasteiger partial charge in [-0.3, -0.25) is 14.4 Å². The first-order chi connectivity index (χ1) is 20.4. The Morgan fingerprint density at radius 1 is 0.907 bits per heavy atom. The number of carbonyl (C=O) groups is 3. The number of allylic oxidation sites excluding steroid dienone is 2. The van der Waals surface area contributed by atoms with Gasteiger partial charge in [-0.05, 0) is 68.4 Å². The van der Waals surface area contributed by atoms with Crippen molar-refractivity contribution < 1.29 is 29.7 Å². The van der Waals surface area contributed by atoms with Crippen molar-refractivity contribution in [3.8, 4) is 0 Å².